The Hall–Kier alpha value is -5.68. The van der Waals surface area contributed by atoms with E-state index in [9.17, 15) is 32.5 Å². The summed E-state index contributed by atoms with van der Waals surface area (Å²) in [5.74, 6) is -0.509. The lowest BCUT2D eigenvalue weighted by atomic mass is 10.1. The molecule has 0 unspecified atom stereocenters. The van der Waals surface area contributed by atoms with Gasteiger partial charge in [-0.05, 0) is 50.1 Å². The molecule has 3 heterocycles. The highest BCUT2D eigenvalue weighted by Crippen LogP contribution is 2.33. The fraction of sp³-hybridized carbons (Fsp3) is 0.242. The van der Waals surface area contributed by atoms with Crippen LogP contribution in [0.25, 0.3) is 5.69 Å². The van der Waals surface area contributed by atoms with Gasteiger partial charge in [-0.2, -0.15) is 9.78 Å². The number of rotatable bonds is 11. The molecule has 7 N–H and O–H groups in total. The topological polar surface area (TPSA) is 260 Å². The van der Waals surface area contributed by atoms with Gasteiger partial charge in [-0.3, -0.25) is 24.2 Å². The summed E-state index contributed by atoms with van der Waals surface area (Å²) in [6.45, 7) is 1.78. The normalized spacial score (nSPS) is 12.1. The zero-order chi connectivity index (χ0) is 41.6. The molecule has 4 aromatic rings. The fourth-order valence-electron chi connectivity index (χ4n) is 4.61. The van der Waals surface area contributed by atoms with Crippen molar-refractivity contribution in [2.45, 2.75) is 32.7 Å². The molecule has 1 aliphatic heterocycles. The van der Waals surface area contributed by atoms with Crippen LogP contribution in [-0.4, -0.2) is 82.5 Å². The van der Waals surface area contributed by atoms with Crippen LogP contribution in [0.1, 0.15) is 41.6 Å². The van der Waals surface area contributed by atoms with Gasteiger partial charge in [0, 0.05) is 37.0 Å². The highest BCUT2D eigenvalue weighted by molar-refractivity contribution is 7.51. The minimum atomic E-state index is -4.10. The highest BCUT2D eigenvalue weighted by Gasteiger charge is 2.20. The second kappa shape index (κ2) is 20.8. The molecule has 298 valence electrons. The lowest BCUT2D eigenvalue weighted by Crippen LogP contribution is -2.26. The number of terminal acetylenes is 1. The van der Waals surface area contributed by atoms with Crippen molar-refractivity contribution in [3.05, 3.63) is 97.9 Å². The second-order valence-corrected chi connectivity index (χ2v) is 13.7. The average molecular weight is 842 g/mol. The first-order chi connectivity index (χ1) is 26.4. The van der Waals surface area contributed by atoms with E-state index >= 15 is 0 Å². The van der Waals surface area contributed by atoms with Gasteiger partial charge >= 0.3 is 31.3 Å². The van der Waals surface area contributed by atoms with E-state index in [1.165, 1.54) is 36.0 Å². The third kappa shape index (κ3) is 13.9. The van der Waals surface area contributed by atoms with E-state index in [4.69, 9.17) is 54.4 Å². The SMILES string of the molecule is C#CCOc1cc(-n2nc3n(c2=O)CCCC3)c(Cl)cc1Cl.C/C(=N\NC(=O)Nc1cc(F)cc(F)c1)c1ncccc1C(=O)O.O=C(O)CNCP(=O)(O)O. The number of nitrogens with zero attached hydrogens (tertiary/aromatic N) is 5. The van der Waals surface area contributed by atoms with Gasteiger partial charge in [-0.15, -0.1) is 11.5 Å². The Bertz CT molecular complexity index is 2240. The Balaban J connectivity index is 0.000000244. The molecule has 0 radical (unpaired) electrons. The van der Waals surface area contributed by atoms with Gasteiger partial charge in [0.15, 0.2) is 0 Å². The molecule has 2 aromatic heterocycles. The molecular weight excluding hydrogens is 808 g/mol. The number of halogens is 4. The number of aliphatic carboxylic acids is 1. The van der Waals surface area contributed by atoms with Crippen LogP contribution in [0.2, 0.25) is 10.0 Å². The van der Waals surface area contributed by atoms with E-state index in [-0.39, 0.29) is 35.0 Å². The number of aromatic nitrogens is 4. The number of urea groups is 1. The molecule has 1 aliphatic rings. The van der Waals surface area contributed by atoms with Gasteiger partial charge in [-0.25, -0.2) is 28.6 Å². The number of carbonyl (C=O) groups is 3. The second-order valence-electron chi connectivity index (χ2n) is 11.2. The number of benzene rings is 2. The summed E-state index contributed by atoms with van der Waals surface area (Å²) in [4.78, 5) is 65.3. The first-order valence-electron chi connectivity index (χ1n) is 15.9. The summed E-state index contributed by atoms with van der Waals surface area (Å²) in [6.07, 6.45) is 8.76. The summed E-state index contributed by atoms with van der Waals surface area (Å²) < 4.78 is 44.5. The van der Waals surface area contributed by atoms with Crippen molar-refractivity contribution >= 4 is 60.2 Å². The number of hydrazone groups is 1. The molecule has 0 saturated carbocycles. The molecule has 0 spiro atoms. The number of anilines is 1. The first kappa shape index (κ1) is 44.7. The van der Waals surface area contributed by atoms with Crippen LogP contribution in [0.15, 0.2) is 58.6 Å². The standard InChI is InChI=1S/C15H13Cl2N3O2.C15H12F2N4O3.C3H8NO5P/c1-2-7-22-13-9-12(10(16)8-11(13)17)20-15(21)19-6-4-3-5-14(19)18-20;1-8(13-12(14(22)23)3-2-4-18-13)20-21-15(24)19-11-6-9(16)5-10(17)7-11;5-3(6)1-4-2-10(7,8)9/h1,8-9H,3-7H2;2-7H,1H3,(H,22,23)(H2,19,21,24);4H,1-2H2,(H,5,6)(H2,7,8,9)/b;20-8+;. The number of ether oxygens (including phenoxy) is 1. The van der Waals surface area contributed by atoms with Crippen LogP contribution < -0.4 is 26.5 Å². The number of amides is 2. The van der Waals surface area contributed by atoms with Gasteiger partial charge in [-0.1, -0.05) is 29.1 Å². The summed E-state index contributed by atoms with van der Waals surface area (Å²) in [5, 5.41) is 30.1. The number of pyridine rings is 1. The third-order valence-electron chi connectivity index (χ3n) is 6.93. The molecule has 0 saturated heterocycles. The molecule has 23 heteroatoms. The molecule has 2 amide bonds. The number of carboxylic acid groups (broad SMARTS) is 2. The molecule has 0 aliphatic carbocycles. The molecule has 2 aromatic carbocycles. The Morgan fingerprint density at radius 1 is 1.09 bits per heavy atom. The molecule has 0 fully saturated rings. The zero-order valence-electron chi connectivity index (χ0n) is 29.1. The summed E-state index contributed by atoms with van der Waals surface area (Å²) in [5.41, 5.74) is 2.38. The number of hydrogen-bond donors (Lipinski definition) is 7. The number of carbonyl (C=O) groups excluding carboxylic acids is 1. The van der Waals surface area contributed by atoms with Crippen molar-refractivity contribution < 1.29 is 52.5 Å². The predicted molar refractivity (Wildman–Crippen MR) is 200 cm³/mol. The van der Waals surface area contributed by atoms with E-state index in [2.05, 4.69) is 37.2 Å². The van der Waals surface area contributed by atoms with Crippen LogP contribution in [0, 0.1) is 24.0 Å². The molecule has 18 nitrogen and oxygen atoms in total. The van der Waals surface area contributed by atoms with Gasteiger partial charge in [0.05, 0.1) is 39.8 Å². The monoisotopic (exact) mass is 840 g/mol. The molecule has 56 heavy (non-hydrogen) atoms. The quantitative estimate of drug-likeness (QED) is 0.0487. The largest absolute Gasteiger partial charge is 0.480 e. The fourth-order valence-corrected chi connectivity index (χ4v) is 5.54. The number of aryl methyl sites for hydroxylation is 1. The van der Waals surface area contributed by atoms with Crippen LogP contribution in [0.5, 0.6) is 5.75 Å². The number of hydrogen-bond acceptors (Lipinski definition) is 10. The van der Waals surface area contributed by atoms with Crippen molar-refractivity contribution in [3.63, 3.8) is 0 Å². The van der Waals surface area contributed by atoms with Crippen molar-refractivity contribution in [3.8, 4) is 23.8 Å². The Morgan fingerprint density at radius 3 is 2.39 bits per heavy atom. The van der Waals surface area contributed by atoms with E-state index in [0.717, 1.165) is 37.2 Å². The van der Waals surface area contributed by atoms with E-state index in [1.54, 1.807) is 10.6 Å². The van der Waals surface area contributed by atoms with Crippen molar-refractivity contribution in [2.24, 2.45) is 5.10 Å². The van der Waals surface area contributed by atoms with Gasteiger partial charge in [0.1, 0.15) is 35.5 Å². The lowest BCUT2D eigenvalue weighted by molar-refractivity contribution is -0.135. The number of nitrogens with one attached hydrogen (secondary N) is 3. The van der Waals surface area contributed by atoms with E-state index in [0.29, 0.717) is 34.1 Å². The van der Waals surface area contributed by atoms with Gasteiger partial charge in [0.2, 0.25) is 0 Å². The summed E-state index contributed by atoms with van der Waals surface area (Å²) >= 11 is 12.3. The number of carboxylic acids is 2. The first-order valence-corrected chi connectivity index (χ1v) is 18.4. The van der Waals surface area contributed by atoms with Crippen LogP contribution in [-0.2, 0) is 22.3 Å². The highest BCUT2D eigenvalue weighted by atomic mass is 35.5. The zero-order valence-corrected chi connectivity index (χ0v) is 31.5. The lowest BCUT2D eigenvalue weighted by Gasteiger charge is -2.09. The maximum absolute atomic E-state index is 13.0. The van der Waals surface area contributed by atoms with Gasteiger partial charge in [0.25, 0.3) is 0 Å². The summed E-state index contributed by atoms with van der Waals surface area (Å²) in [6, 6.07) is 7.59. The van der Waals surface area contributed by atoms with Crippen molar-refractivity contribution in [1.82, 2.24) is 30.1 Å². The molecule has 0 bridgehead atoms. The minimum Gasteiger partial charge on any atom is -0.480 e. The van der Waals surface area contributed by atoms with Crippen molar-refractivity contribution in [1.29, 1.82) is 0 Å². The van der Waals surface area contributed by atoms with Crippen LogP contribution >= 0.6 is 30.8 Å². The minimum absolute atomic E-state index is 0.0758. The molecule has 5 rings (SSSR count). The number of aromatic carboxylic acids is 1. The Morgan fingerprint density at radius 2 is 1.79 bits per heavy atom. The van der Waals surface area contributed by atoms with E-state index < -0.39 is 50.0 Å². The maximum Gasteiger partial charge on any atom is 0.350 e. The van der Waals surface area contributed by atoms with Gasteiger partial charge < -0.3 is 30.1 Å². The average Bonchev–Trinajstić information content (AvgIpc) is 3.45. The third-order valence-corrected chi connectivity index (χ3v) is 8.17. The van der Waals surface area contributed by atoms with E-state index in [1.807, 2.05) is 0 Å². The smallest absolute Gasteiger partial charge is 0.350 e. The summed E-state index contributed by atoms with van der Waals surface area (Å²) in [7, 11) is -4.10. The molecule has 0 atom stereocenters. The predicted octanol–water partition coefficient (Wildman–Crippen LogP) is 4.09. The maximum atomic E-state index is 13.0. The Labute approximate surface area is 326 Å². The van der Waals surface area contributed by atoms with Crippen molar-refractivity contribution in [2.75, 3.05) is 24.8 Å². The van der Waals surface area contributed by atoms with Crippen LogP contribution in [0.4, 0.5) is 19.3 Å². The number of fused-ring (bicyclic) bond motifs is 1. The van der Waals surface area contributed by atoms with Crippen LogP contribution in [0.3, 0.4) is 0 Å². The Kier molecular flexibility index (Phi) is 16.6. The molecular formula is C33H33Cl2F2N8O10P.